The van der Waals surface area contributed by atoms with Crippen LogP contribution in [0.3, 0.4) is 0 Å². The van der Waals surface area contributed by atoms with E-state index >= 15 is 0 Å². The van der Waals surface area contributed by atoms with Crippen molar-refractivity contribution in [1.82, 2.24) is 5.32 Å². The van der Waals surface area contributed by atoms with Gasteiger partial charge in [0.05, 0.1) is 19.3 Å². The molecule has 0 aliphatic heterocycles. The minimum absolute atomic E-state index is 0.108. The van der Waals surface area contributed by atoms with Crippen LogP contribution in [0.2, 0.25) is 0 Å². The highest BCUT2D eigenvalue weighted by Gasteiger charge is 2.01. The Morgan fingerprint density at radius 3 is 2.50 bits per heavy atom. The maximum atomic E-state index is 5.58. The lowest BCUT2D eigenvalue weighted by atomic mass is 10.2. The SMILES string of the molecule is CNCc1ccc(OCCOC(C)COC)cc1. The van der Waals surface area contributed by atoms with E-state index in [0.29, 0.717) is 19.8 Å². The Hall–Kier alpha value is -1.10. The largest absolute Gasteiger partial charge is 0.491 e. The number of hydrogen-bond donors (Lipinski definition) is 1. The molecular formula is C14H23NO3. The van der Waals surface area contributed by atoms with E-state index < -0.39 is 0 Å². The van der Waals surface area contributed by atoms with Crippen molar-refractivity contribution < 1.29 is 14.2 Å². The van der Waals surface area contributed by atoms with Gasteiger partial charge in [-0.2, -0.15) is 0 Å². The smallest absolute Gasteiger partial charge is 0.119 e. The van der Waals surface area contributed by atoms with Crippen molar-refractivity contribution in [2.45, 2.75) is 19.6 Å². The Morgan fingerprint density at radius 2 is 1.89 bits per heavy atom. The van der Waals surface area contributed by atoms with Gasteiger partial charge < -0.3 is 19.5 Å². The molecule has 102 valence electrons. The van der Waals surface area contributed by atoms with Gasteiger partial charge in [0.2, 0.25) is 0 Å². The summed E-state index contributed by atoms with van der Waals surface area (Å²) in [6.07, 6.45) is 0.108. The van der Waals surface area contributed by atoms with Gasteiger partial charge >= 0.3 is 0 Å². The third-order valence-electron chi connectivity index (χ3n) is 2.46. The minimum atomic E-state index is 0.108. The lowest BCUT2D eigenvalue weighted by Crippen LogP contribution is -2.18. The Balaban J connectivity index is 2.19. The summed E-state index contributed by atoms with van der Waals surface area (Å²) in [5.41, 5.74) is 1.25. The molecule has 1 unspecified atom stereocenters. The molecule has 0 heterocycles. The molecule has 0 amide bonds. The van der Waals surface area contributed by atoms with Crippen LogP contribution in [0.5, 0.6) is 5.75 Å². The summed E-state index contributed by atoms with van der Waals surface area (Å²) in [4.78, 5) is 0. The standard InChI is InChI=1S/C14H23NO3/c1-12(11-16-3)17-8-9-18-14-6-4-13(5-7-14)10-15-2/h4-7,12,15H,8-11H2,1-3H3. The van der Waals surface area contributed by atoms with Gasteiger partial charge in [0.25, 0.3) is 0 Å². The minimum Gasteiger partial charge on any atom is -0.491 e. The molecule has 18 heavy (non-hydrogen) atoms. The molecule has 1 aromatic rings. The van der Waals surface area contributed by atoms with Crippen LogP contribution in [-0.2, 0) is 16.0 Å². The summed E-state index contributed by atoms with van der Waals surface area (Å²) >= 11 is 0. The van der Waals surface area contributed by atoms with Gasteiger partial charge in [-0.05, 0) is 31.7 Å². The summed E-state index contributed by atoms with van der Waals surface area (Å²) in [6.45, 7) is 4.59. The zero-order chi connectivity index (χ0) is 13.2. The molecule has 0 aliphatic carbocycles. The molecule has 0 saturated heterocycles. The van der Waals surface area contributed by atoms with E-state index in [4.69, 9.17) is 14.2 Å². The molecule has 0 radical (unpaired) electrons. The van der Waals surface area contributed by atoms with Crippen molar-refractivity contribution in [3.8, 4) is 5.75 Å². The highest BCUT2D eigenvalue weighted by Crippen LogP contribution is 2.11. The fourth-order valence-corrected chi connectivity index (χ4v) is 1.60. The lowest BCUT2D eigenvalue weighted by molar-refractivity contribution is -0.00214. The van der Waals surface area contributed by atoms with Gasteiger partial charge in [-0.15, -0.1) is 0 Å². The predicted molar refractivity (Wildman–Crippen MR) is 72.0 cm³/mol. The van der Waals surface area contributed by atoms with Gasteiger partial charge in [0.1, 0.15) is 12.4 Å². The number of rotatable bonds is 9. The summed E-state index contributed by atoms with van der Waals surface area (Å²) in [6, 6.07) is 8.07. The van der Waals surface area contributed by atoms with Crippen molar-refractivity contribution in [3.05, 3.63) is 29.8 Å². The van der Waals surface area contributed by atoms with E-state index in [-0.39, 0.29) is 6.10 Å². The van der Waals surface area contributed by atoms with Crippen LogP contribution in [-0.4, -0.2) is 40.1 Å². The molecule has 0 bridgehead atoms. The second-order valence-corrected chi connectivity index (χ2v) is 4.16. The van der Waals surface area contributed by atoms with Crippen molar-refractivity contribution in [3.63, 3.8) is 0 Å². The maximum Gasteiger partial charge on any atom is 0.119 e. The van der Waals surface area contributed by atoms with Gasteiger partial charge in [0.15, 0.2) is 0 Å². The third-order valence-corrected chi connectivity index (χ3v) is 2.46. The Labute approximate surface area is 109 Å². The van der Waals surface area contributed by atoms with E-state index in [1.807, 2.05) is 26.1 Å². The van der Waals surface area contributed by atoms with Gasteiger partial charge in [-0.1, -0.05) is 12.1 Å². The van der Waals surface area contributed by atoms with Gasteiger partial charge in [0, 0.05) is 13.7 Å². The maximum absolute atomic E-state index is 5.58. The molecule has 4 nitrogen and oxygen atoms in total. The zero-order valence-electron chi connectivity index (χ0n) is 11.4. The lowest BCUT2D eigenvalue weighted by Gasteiger charge is -2.12. The molecule has 0 saturated carbocycles. The molecule has 0 aromatic heterocycles. The highest BCUT2D eigenvalue weighted by atomic mass is 16.5. The van der Waals surface area contributed by atoms with Crippen molar-refractivity contribution in [2.75, 3.05) is 34.0 Å². The van der Waals surface area contributed by atoms with Crippen LogP contribution < -0.4 is 10.1 Å². The van der Waals surface area contributed by atoms with Crippen LogP contribution in [0.15, 0.2) is 24.3 Å². The average molecular weight is 253 g/mol. The van der Waals surface area contributed by atoms with E-state index in [2.05, 4.69) is 17.4 Å². The topological polar surface area (TPSA) is 39.7 Å². The number of ether oxygens (including phenoxy) is 3. The van der Waals surface area contributed by atoms with Crippen molar-refractivity contribution in [2.24, 2.45) is 0 Å². The first-order valence-electron chi connectivity index (χ1n) is 6.23. The van der Waals surface area contributed by atoms with Crippen LogP contribution in [0.4, 0.5) is 0 Å². The number of benzene rings is 1. The van der Waals surface area contributed by atoms with Crippen molar-refractivity contribution >= 4 is 0 Å². The van der Waals surface area contributed by atoms with E-state index in [1.165, 1.54) is 5.56 Å². The summed E-state index contributed by atoms with van der Waals surface area (Å²) < 4.78 is 16.1. The summed E-state index contributed by atoms with van der Waals surface area (Å²) in [5.74, 6) is 0.873. The average Bonchev–Trinajstić information content (AvgIpc) is 2.37. The summed E-state index contributed by atoms with van der Waals surface area (Å²) in [7, 11) is 3.60. The molecular weight excluding hydrogens is 230 g/mol. The highest BCUT2D eigenvalue weighted by molar-refractivity contribution is 5.27. The quantitative estimate of drug-likeness (QED) is 0.682. The predicted octanol–water partition coefficient (Wildman–Crippen LogP) is 1.84. The molecule has 1 atom stereocenters. The van der Waals surface area contributed by atoms with E-state index in [9.17, 15) is 0 Å². The van der Waals surface area contributed by atoms with E-state index in [0.717, 1.165) is 12.3 Å². The molecule has 4 heteroatoms. The van der Waals surface area contributed by atoms with Crippen molar-refractivity contribution in [1.29, 1.82) is 0 Å². The fourth-order valence-electron chi connectivity index (χ4n) is 1.60. The first kappa shape index (κ1) is 15.0. The fraction of sp³-hybridized carbons (Fsp3) is 0.571. The summed E-state index contributed by atoms with van der Waals surface area (Å²) in [5, 5.41) is 3.11. The van der Waals surface area contributed by atoms with Gasteiger partial charge in [-0.3, -0.25) is 0 Å². The van der Waals surface area contributed by atoms with Crippen LogP contribution in [0.1, 0.15) is 12.5 Å². The molecule has 0 spiro atoms. The Morgan fingerprint density at radius 1 is 1.17 bits per heavy atom. The first-order valence-corrected chi connectivity index (χ1v) is 6.23. The first-order chi connectivity index (χ1) is 8.76. The molecule has 0 fully saturated rings. The third kappa shape index (κ3) is 6.00. The van der Waals surface area contributed by atoms with Crippen LogP contribution in [0, 0.1) is 0 Å². The van der Waals surface area contributed by atoms with Gasteiger partial charge in [-0.25, -0.2) is 0 Å². The van der Waals surface area contributed by atoms with Crippen LogP contribution in [0.25, 0.3) is 0 Å². The monoisotopic (exact) mass is 253 g/mol. The zero-order valence-corrected chi connectivity index (χ0v) is 11.4. The molecule has 1 rings (SSSR count). The van der Waals surface area contributed by atoms with Crippen LogP contribution >= 0.6 is 0 Å². The molecule has 0 aliphatic rings. The molecule has 1 N–H and O–H groups in total. The number of methoxy groups -OCH3 is 1. The normalized spacial score (nSPS) is 12.4. The number of nitrogens with one attached hydrogen (secondary N) is 1. The Kier molecular flexibility index (Phi) is 7.41. The second kappa shape index (κ2) is 8.91. The number of hydrogen-bond acceptors (Lipinski definition) is 4. The van der Waals surface area contributed by atoms with E-state index in [1.54, 1.807) is 7.11 Å². The Bertz CT molecular complexity index is 313. The second-order valence-electron chi connectivity index (χ2n) is 4.16. The molecule has 1 aromatic carbocycles.